The maximum absolute atomic E-state index is 11.7. The SMILES string of the molecule is Cc1ccccc1SCC(=O)N/N=C/c1ccccc1Cl. The van der Waals surface area contributed by atoms with Gasteiger partial charge in [0.1, 0.15) is 0 Å². The molecule has 0 atom stereocenters. The summed E-state index contributed by atoms with van der Waals surface area (Å²) in [6, 6.07) is 15.3. The number of rotatable bonds is 5. The molecule has 21 heavy (non-hydrogen) atoms. The van der Waals surface area contributed by atoms with Gasteiger partial charge in [-0.25, -0.2) is 5.43 Å². The van der Waals surface area contributed by atoms with Crippen LogP contribution in [0.2, 0.25) is 5.02 Å². The van der Waals surface area contributed by atoms with Crippen molar-refractivity contribution in [2.75, 3.05) is 5.75 Å². The van der Waals surface area contributed by atoms with Crippen LogP contribution in [0.1, 0.15) is 11.1 Å². The van der Waals surface area contributed by atoms with E-state index in [0.29, 0.717) is 10.8 Å². The average Bonchev–Trinajstić information content (AvgIpc) is 2.48. The van der Waals surface area contributed by atoms with Crippen LogP contribution in [0.15, 0.2) is 58.5 Å². The van der Waals surface area contributed by atoms with E-state index >= 15 is 0 Å². The monoisotopic (exact) mass is 318 g/mol. The molecule has 0 bridgehead atoms. The normalized spacial score (nSPS) is 10.8. The highest BCUT2D eigenvalue weighted by Gasteiger charge is 2.03. The van der Waals surface area contributed by atoms with Gasteiger partial charge in [0.15, 0.2) is 0 Å². The van der Waals surface area contributed by atoms with Gasteiger partial charge < -0.3 is 0 Å². The third-order valence-corrected chi connectivity index (χ3v) is 4.27. The van der Waals surface area contributed by atoms with E-state index in [9.17, 15) is 4.79 Å². The number of carbonyl (C=O) groups excluding carboxylic acids is 1. The number of benzene rings is 2. The highest BCUT2D eigenvalue weighted by molar-refractivity contribution is 8.00. The van der Waals surface area contributed by atoms with E-state index in [4.69, 9.17) is 11.6 Å². The topological polar surface area (TPSA) is 41.5 Å². The molecule has 0 saturated heterocycles. The van der Waals surface area contributed by atoms with Gasteiger partial charge in [-0.1, -0.05) is 48.0 Å². The summed E-state index contributed by atoms with van der Waals surface area (Å²) >= 11 is 7.48. The molecule has 2 rings (SSSR count). The summed E-state index contributed by atoms with van der Waals surface area (Å²) in [5.41, 5.74) is 4.43. The molecule has 5 heteroatoms. The van der Waals surface area contributed by atoms with Crippen LogP contribution in [0.3, 0.4) is 0 Å². The number of amides is 1. The van der Waals surface area contributed by atoms with Crippen LogP contribution in [0, 0.1) is 6.92 Å². The van der Waals surface area contributed by atoms with E-state index in [1.807, 2.05) is 49.4 Å². The molecule has 0 fully saturated rings. The lowest BCUT2D eigenvalue weighted by molar-refractivity contribution is -0.118. The third-order valence-electron chi connectivity index (χ3n) is 2.75. The van der Waals surface area contributed by atoms with Crippen LogP contribution < -0.4 is 5.43 Å². The molecule has 2 aromatic carbocycles. The van der Waals surface area contributed by atoms with Crippen LogP contribution in [0.4, 0.5) is 0 Å². The second-order valence-corrected chi connectivity index (χ2v) is 5.79. The highest BCUT2D eigenvalue weighted by Crippen LogP contribution is 2.21. The molecule has 0 aromatic heterocycles. The van der Waals surface area contributed by atoms with Crippen molar-refractivity contribution >= 4 is 35.5 Å². The Morgan fingerprint density at radius 2 is 1.95 bits per heavy atom. The van der Waals surface area contributed by atoms with Crippen LogP contribution in [0.5, 0.6) is 0 Å². The maximum atomic E-state index is 11.7. The van der Waals surface area contributed by atoms with Gasteiger partial charge in [-0.2, -0.15) is 5.10 Å². The van der Waals surface area contributed by atoms with Gasteiger partial charge in [-0.05, 0) is 24.6 Å². The molecule has 2 aromatic rings. The Morgan fingerprint density at radius 3 is 2.71 bits per heavy atom. The molecule has 1 amide bonds. The summed E-state index contributed by atoms with van der Waals surface area (Å²) < 4.78 is 0. The Kier molecular flexibility index (Phi) is 5.84. The van der Waals surface area contributed by atoms with Crippen molar-refractivity contribution < 1.29 is 4.79 Å². The lowest BCUT2D eigenvalue weighted by Crippen LogP contribution is -2.19. The summed E-state index contributed by atoms with van der Waals surface area (Å²) in [6.45, 7) is 2.02. The van der Waals surface area contributed by atoms with Crippen molar-refractivity contribution in [1.82, 2.24) is 5.43 Å². The molecule has 0 aliphatic carbocycles. The minimum atomic E-state index is -0.147. The van der Waals surface area contributed by atoms with Crippen LogP contribution in [0.25, 0.3) is 0 Å². The van der Waals surface area contributed by atoms with Crippen molar-refractivity contribution in [3.8, 4) is 0 Å². The van der Waals surface area contributed by atoms with Crippen molar-refractivity contribution in [3.63, 3.8) is 0 Å². The first kappa shape index (κ1) is 15.6. The molecule has 0 heterocycles. The van der Waals surface area contributed by atoms with Crippen molar-refractivity contribution in [2.24, 2.45) is 5.10 Å². The molecular weight excluding hydrogens is 304 g/mol. The zero-order valence-corrected chi connectivity index (χ0v) is 13.1. The Balaban J connectivity index is 1.83. The zero-order chi connectivity index (χ0) is 15.1. The molecule has 3 nitrogen and oxygen atoms in total. The molecule has 0 aliphatic heterocycles. The standard InChI is InChI=1S/C16H15ClN2OS/c1-12-6-2-5-9-15(12)21-11-16(20)19-18-10-13-7-3-4-8-14(13)17/h2-10H,11H2,1H3,(H,19,20)/b18-10+. The molecule has 0 saturated carbocycles. The summed E-state index contributed by atoms with van der Waals surface area (Å²) in [4.78, 5) is 12.8. The van der Waals surface area contributed by atoms with Gasteiger partial charge in [0, 0.05) is 15.5 Å². The third kappa shape index (κ3) is 4.92. The summed E-state index contributed by atoms with van der Waals surface area (Å²) in [6.07, 6.45) is 1.54. The number of carbonyl (C=O) groups is 1. The number of aryl methyl sites for hydroxylation is 1. The van der Waals surface area contributed by atoms with Gasteiger partial charge in [-0.15, -0.1) is 11.8 Å². The Labute approximate surface area is 133 Å². The van der Waals surface area contributed by atoms with E-state index in [-0.39, 0.29) is 5.91 Å². The predicted octanol–water partition coefficient (Wildman–Crippen LogP) is 3.89. The first-order valence-electron chi connectivity index (χ1n) is 6.41. The maximum Gasteiger partial charge on any atom is 0.250 e. The van der Waals surface area contributed by atoms with Gasteiger partial charge >= 0.3 is 0 Å². The van der Waals surface area contributed by atoms with Gasteiger partial charge in [-0.3, -0.25) is 4.79 Å². The fourth-order valence-corrected chi connectivity index (χ4v) is 2.65. The lowest BCUT2D eigenvalue weighted by atomic mass is 10.2. The molecule has 1 N–H and O–H groups in total. The van der Waals surface area contributed by atoms with Gasteiger partial charge in [0.05, 0.1) is 12.0 Å². The van der Waals surface area contributed by atoms with Gasteiger partial charge in [0.25, 0.3) is 0 Å². The minimum Gasteiger partial charge on any atom is -0.272 e. The number of nitrogens with zero attached hydrogens (tertiary/aromatic N) is 1. The van der Waals surface area contributed by atoms with Crippen LogP contribution >= 0.6 is 23.4 Å². The van der Waals surface area contributed by atoms with Gasteiger partial charge in [0.2, 0.25) is 5.91 Å². The lowest BCUT2D eigenvalue weighted by Gasteiger charge is -2.04. The van der Waals surface area contributed by atoms with E-state index in [1.165, 1.54) is 11.8 Å². The van der Waals surface area contributed by atoms with Crippen molar-refractivity contribution in [3.05, 3.63) is 64.7 Å². The molecule has 0 unspecified atom stereocenters. The number of hydrogen-bond acceptors (Lipinski definition) is 3. The Hall–Kier alpha value is -1.78. The number of nitrogens with one attached hydrogen (secondary N) is 1. The highest BCUT2D eigenvalue weighted by atomic mass is 35.5. The summed E-state index contributed by atoms with van der Waals surface area (Å²) in [7, 11) is 0. The largest absolute Gasteiger partial charge is 0.272 e. The van der Waals surface area contributed by atoms with Crippen LogP contribution in [-0.4, -0.2) is 17.9 Å². The quantitative estimate of drug-likeness (QED) is 0.516. The van der Waals surface area contributed by atoms with E-state index in [0.717, 1.165) is 16.0 Å². The van der Waals surface area contributed by atoms with Crippen molar-refractivity contribution in [1.29, 1.82) is 0 Å². The average molecular weight is 319 g/mol. The summed E-state index contributed by atoms with van der Waals surface area (Å²) in [5.74, 6) is 0.177. The van der Waals surface area contributed by atoms with E-state index in [1.54, 1.807) is 12.3 Å². The fraction of sp³-hybridized carbons (Fsp3) is 0.125. The zero-order valence-electron chi connectivity index (χ0n) is 11.5. The first-order valence-corrected chi connectivity index (χ1v) is 7.78. The summed E-state index contributed by atoms with van der Waals surface area (Å²) in [5, 5.41) is 4.52. The number of halogens is 1. The molecule has 0 spiro atoms. The predicted molar refractivity (Wildman–Crippen MR) is 89.1 cm³/mol. The molecule has 0 aliphatic rings. The molecule has 0 radical (unpaired) electrons. The van der Waals surface area contributed by atoms with E-state index in [2.05, 4.69) is 10.5 Å². The second-order valence-electron chi connectivity index (χ2n) is 4.37. The van der Waals surface area contributed by atoms with Crippen LogP contribution in [-0.2, 0) is 4.79 Å². The minimum absolute atomic E-state index is 0.147. The number of hydrogen-bond donors (Lipinski definition) is 1. The Bertz CT molecular complexity index is 658. The smallest absolute Gasteiger partial charge is 0.250 e. The molecular formula is C16H15ClN2OS. The van der Waals surface area contributed by atoms with Crippen molar-refractivity contribution in [2.45, 2.75) is 11.8 Å². The fourth-order valence-electron chi connectivity index (χ4n) is 1.65. The second kappa shape index (κ2) is 7.86. The Morgan fingerprint density at radius 1 is 1.24 bits per heavy atom. The first-order chi connectivity index (χ1) is 10.2. The number of thioether (sulfide) groups is 1. The van der Waals surface area contributed by atoms with E-state index < -0.39 is 0 Å². The molecule has 108 valence electrons. The number of hydrazone groups is 1.